The highest BCUT2D eigenvalue weighted by molar-refractivity contribution is 6.79. The van der Waals surface area contributed by atoms with E-state index >= 15 is 0 Å². The van der Waals surface area contributed by atoms with E-state index in [1.165, 1.54) is 7.11 Å². The van der Waals surface area contributed by atoms with E-state index in [1.54, 1.807) is 0 Å². The van der Waals surface area contributed by atoms with E-state index in [0.717, 1.165) is 19.4 Å². The van der Waals surface area contributed by atoms with Gasteiger partial charge in [-0.1, -0.05) is 19.6 Å². The maximum absolute atomic E-state index is 11.6. The Kier molecular flexibility index (Phi) is 2.95. The van der Waals surface area contributed by atoms with Crippen LogP contribution in [0.15, 0.2) is 0 Å². The minimum atomic E-state index is -1.37. The maximum atomic E-state index is 11.6. The molecule has 0 aliphatic carbocycles. The number of rotatable bonds is 1. The van der Waals surface area contributed by atoms with Crippen molar-refractivity contribution in [1.29, 1.82) is 0 Å². The Bertz CT molecular complexity index is 237. The lowest BCUT2D eigenvalue weighted by molar-refractivity contribution is 0.111. The Morgan fingerprint density at radius 3 is 2.43 bits per heavy atom. The zero-order valence-corrected chi connectivity index (χ0v) is 10.9. The van der Waals surface area contributed by atoms with E-state index in [-0.39, 0.29) is 11.3 Å². The van der Waals surface area contributed by atoms with E-state index in [2.05, 4.69) is 26.6 Å². The molecule has 1 saturated heterocycles. The van der Waals surface area contributed by atoms with Crippen molar-refractivity contribution in [2.24, 2.45) is 0 Å². The van der Waals surface area contributed by atoms with Gasteiger partial charge in [0.1, 0.15) is 0 Å². The van der Waals surface area contributed by atoms with Crippen LogP contribution in [0, 0.1) is 0 Å². The van der Waals surface area contributed by atoms with Crippen LogP contribution < -0.4 is 0 Å². The number of amides is 1. The third kappa shape index (κ3) is 1.67. The molecule has 1 atom stereocenters. The Morgan fingerprint density at radius 2 is 2.00 bits per heavy atom. The van der Waals surface area contributed by atoms with Crippen LogP contribution in [0.4, 0.5) is 4.79 Å². The summed E-state index contributed by atoms with van der Waals surface area (Å²) in [6, 6.07) is 0. The molecular formula is C10H21NO2Si. The van der Waals surface area contributed by atoms with E-state index in [0.29, 0.717) is 0 Å². The molecule has 82 valence electrons. The van der Waals surface area contributed by atoms with Crippen molar-refractivity contribution in [3.8, 4) is 0 Å². The first-order chi connectivity index (χ1) is 6.33. The van der Waals surface area contributed by atoms with Crippen LogP contribution in [-0.2, 0) is 4.74 Å². The average Bonchev–Trinajstić information content (AvgIpc) is 2.46. The molecule has 0 aromatic carbocycles. The van der Waals surface area contributed by atoms with Crippen molar-refractivity contribution >= 4 is 14.2 Å². The number of nitrogens with zero attached hydrogens (tertiary/aromatic N) is 1. The van der Waals surface area contributed by atoms with Gasteiger partial charge in [0.15, 0.2) is 0 Å². The molecule has 0 radical (unpaired) electrons. The summed E-state index contributed by atoms with van der Waals surface area (Å²) >= 11 is 0. The lowest BCUT2D eigenvalue weighted by Crippen LogP contribution is -2.60. The zero-order valence-electron chi connectivity index (χ0n) is 9.89. The predicted octanol–water partition coefficient (Wildman–Crippen LogP) is 2.48. The number of hydrogen-bond donors (Lipinski definition) is 0. The van der Waals surface area contributed by atoms with Crippen LogP contribution >= 0.6 is 0 Å². The molecule has 1 amide bonds. The minimum absolute atomic E-state index is 0.0695. The van der Waals surface area contributed by atoms with Crippen molar-refractivity contribution in [3.05, 3.63) is 0 Å². The lowest BCUT2D eigenvalue weighted by Gasteiger charge is -2.43. The first-order valence-electron chi connectivity index (χ1n) is 5.18. The van der Waals surface area contributed by atoms with Gasteiger partial charge < -0.3 is 9.64 Å². The van der Waals surface area contributed by atoms with Crippen molar-refractivity contribution in [2.45, 2.75) is 44.6 Å². The molecule has 4 heteroatoms. The Balaban J connectivity index is 2.92. The Hall–Kier alpha value is -0.513. The van der Waals surface area contributed by atoms with E-state index in [9.17, 15) is 4.79 Å². The van der Waals surface area contributed by atoms with Gasteiger partial charge in [-0.15, -0.1) is 0 Å². The topological polar surface area (TPSA) is 29.5 Å². The number of hydrogen-bond acceptors (Lipinski definition) is 2. The first-order valence-corrected chi connectivity index (χ1v) is 8.68. The molecule has 0 bridgehead atoms. The molecule has 1 heterocycles. The van der Waals surface area contributed by atoms with Crippen molar-refractivity contribution in [1.82, 2.24) is 4.90 Å². The molecule has 1 rings (SSSR count). The van der Waals surface area contributed by atoms with Gasteiger partial charge in [-0.2, -0.15) is 0 Å². The standard InChI is InChI=1S/C10H21NO2Si/c1-10(14(3,4)5)7-6-8-11(10)9(12)13-2/h6-8H2,1-5H3. The first kappa shape index (κ1) is 11.6. The normalized spacial score (nSPS) is 27.9. The Morgan fingerprint density at radius 1 is 1.43 bits per heavy atom. The summed E-state index contributed by atoms with van der Waals surface area (Å²) in [7, 11) is 0.0982. The summed E-state index contributed by atoms with van der Waals surface area (Å²) in [4.78, 5) is 13.5. The third-order valence-corrected chi connectivity index (χ3v) is 7.40. The van der Waals surface area contributed by atoms with Crippen molar-refractivity contribution < 1.29 is 9.53 Å². The van der Waals surface area contributed by atoms with Crippen LogP contribution in [0.1, 0.15) is 19.8 Å². The summed E-state index contributed by atoms with van der Waals surface area (Å²) in [6.07, 6.45) is 2.07. The SMILES string of the molecule is COC(=O)N1CCCC1(C)[Si](C)(C)C. The highest BCUT2D eigenvalue weighted by Crippen LogP contribution is 2.37. The predicted molar refractivity (Wildman–Crippen MR) is 60.1 cm³/mol. The summed E-state index contributed by atoms with van der Waals surface area (Å²) in [5.74, 6) is 0. The lowest BCUT2D eigenvalue weighted by atomic mass is 10.2. The van der Waals surface area contributed by atoms with Gasteiger partial charge in [-0.3, -0.25) is 0 Å². The summed E-state index contributed by atoms with van der Waals surface area (Å²) in [5.41, 5.74) is 0. The maximum Gasteiger partial charge on any atom is 0.409 e. The van der Waals surface area contributed by atoms with E-state index < -0.39 is 8.07 Å². The van der Waals surface area contributed by atoms with Gasteiger partial charge in [-0.25, -0.2) is 4.79 Å². The fourth-order valence-electron chi connectivity index (χ4n) is 2.15. The van der Waals surface area contributed by atoms with E-state index in [1.807, 2.05) is 4.90 Å². The quantitative estimate of drug-likeness (QED) is 0.629. The molecule has 1 unspecified atom stereocenters. The molecule has 0 aromatic rings. The van der Waals surface area contributed by atoms with Gasteiger partial charge in [-0.05, 0) is 19.8 Å². The molecule has 0 aromatic heterocycles. The molecule has 1 fully saturated rings. The van der Waals surface area contributed by atoms with Crippen LogP contribution in [0.3, 0.4) is 0 Å². The second-order valence-electron chi connectivity index (χ2n) is 5.25. The van der Waals surface area contributed by atoms with Gasteiger partial charge in [0, 0.05) is 11.7 Å². The molecule has 0 N–H and O–H groups in total. The van der Waals surface area contributed by atoms with E-state index in [4.69, 9.17) is 4.74 Å². The summed E-state index contributed by atoms with van der Waals surface area (Å²) < 4.78 is 4.83. The molecule has 14 heavy (non-hydrogen) atoms. The van der Waals surface area contributed by atoms with Gasteiger partial charge in [0.05, 0.1) is 15.2 Å². The summed E-state index contributed by atoms with van der Waals surface area (Å²) in [6.45, 7) is 10.0. The molecule has 0 spiro atoms. The largest absolute Gasteiger partial charge is 0.453 e. The van der Waals surface area contributed by atoms with Gasteiger partial charge >= 0.3 is 6.09 Å². The number of methoxy groups -OCH3 is 1. The number of likely N-dealkylation sites (tertiary alicyclic amines) is 1. The van der Waals surface area contributed by atoms with Crippen molar-refractivity contribution in [2.75, 3.05) is 13.7 Å². The molecule has 1 aliphatic heterocycles. The number of ether oxygens (including phenoxy) is 1. The monoisotopic (exact) mass is 215 g/mol. The molecule has 0 saturated carbocycles. The Labute approximate surface area is 87.4 Å². The van der Waals surface area contributed by atoms with Crippen LogP contribution in [0.25, 0.3) is 0 Å². The second-order valence-corrected chi connectivity index (χ2v) is 10.8. The fourth-order valence-corrected chi connectivity index (χ4v) is 4.09. The smallest absolute Gasteiger partial charge is 0.409 e. The average molecular weight is 215 g/mol. The number of carbonyl (C=O) groups is 1. The van der Waals surface area contributed by atoms with Crippen molar-refractivity contribution in [3.63, 3.8) is 0 Å². The minimum Gasteiger partial charge on any atom is -0.453 e. The summed E-state index contributed by atoms with van der Waals surface area (Å²) in [5, 5.41) is 0.0695. The fraction of sp³-hybridized carbons (Fsp3) is 0.900. The van der Waals surface area contributed by atoms with Crippen LogP contribution in [-0.4, -0.2) is 37.9 Å². The van der Waals surface area contributed by atoms with Gasteiger partial charge in [0.25, 0.3) is 0 Å². The van der Waals surface area contributed by atoms with Crippen LogP contribution in [0.2, 0.25) is 19.6 Å². The highest BCUT2D eigenvalue weighted by Gasteiger charge is 2.49. The van der Waals surface area contributed by atoms with Gasteiger partial charge in [0.2, 0.25) is 0 Å². The molecular weight excluding hydrogens is 194 g/mol. The molecule has 3 nitrogen and oxygen atoms in total. The highest BCUT2D eigenvalue weighted by atomic mass is 28.3. The van der Waals surface area contributed by atoms with Crippen LogP contribution in [0.5, 0.6) is 0 Å². The second kappa shape index (κ2) is 3.57. The molecule has 1 aliphatic rings. The zero-order chi connectivity index (χ0) is 11.0. The number of carbonyl (C=O) groups excluding carboxylic acids is 1. The third-order valence-electron chi connectivity index (χ3n) is 3.65.